The molecule has 1 aliphatic rings. The van der Waals surface area contributed by atoms with Crippen LogP contribution in [0.2, 0.25) is 0 Å². The van der Waals surface area contributed by atoms with Crippen LogP contribution in [0.1, 0.15) is 20.8 Å². The van der Waals surface area contributed by atoms with E-state index in [1.807, 2.05) is 4.90 Å². The van der Waals surface area contributed by atoms with Crippen LogP contribution >= 0.6 is 0 Å². The number of nitrogens with zero attached hydrogens (tertiary/aromatic N) is 2. The molecule has 1 aliphatic heterocycles. The fourth-order valence-electron chi connectivity index (χ4n) is 2.21. The molecule has 1 saturated heterocycles. The lowest BCUT2D eigenvalue weighted by molar-refractivity contribution is -0.383. The van der Waals surface area contributed by atoms with E-state index < -0.39 is 16.6 Å². The number of ether oxygens (including phenoxy) is 2. The van der Waals surface area contributed by atoms with Crippen LogP contribution in [0.3, 0.4) is 0 Å². The molecule has 0 saturated carbocycles. The molecule has 1 aromatic rings. The standard InChI is InChI=1S/C15H21N3O5/c1-15(2,3)23-14(19)16-12-5-4-11(10-13(12)18(20)21)17-6-8-22-9-7-17/h4-5,10H,6-9H2,1-3H3,(H,16,19). The highest BCUT2D eigenvalue weighted by atomic mass is 16.6. The van der Waals surface area contributed by atoms with Crippen molar-refractivity contribution in [2.75, 3.05) is 36.5 Å². The second kappa shape index (κ2) is 6.82. The van der Waals surface area contributed by atoms with Gasteiger partial charge in [-0.25, -0.2) is 4.79 Å². The lowest BCUT2D eigenvalue weighted by atomic mass is 10.2. The van der Waals surface area contributed by atoms with Crippen LogP contribution in [0.4, 0.5) is 21.9 Å². The first-order valence-corrected chi connectivity index (χ1v) is 7.37. The zero-order chi connectivity index (χ0) is 17.0. The Morgan fingerprint density at radius 2 is 2.00 bits per heavy atom. The highest BCUT2D eigenvalue weighted by molar-refractivity contribution is 5.88. The summed E-state index contributed by atoms with van der Waals surface area (Å²) in [5.74, 6) is 0. The van der Waals surface area contributed by atoms with Crippen molar-refractivity contribution >= 4 is 23.2 Å². The molecule has 8 heteroatoms. The predicted octanol–water partition coefficient (Wildman–Crippen LogP) is 2.78. The molecule has 23 heavy (non-hydrogen) atoms. The fourth-order valence-corrected chi connectivity index (χ4v) is 2.21. The van der Waals surface area contributed by atoms with Gasteiger partial charge in [-0.3, -0.25) is 15.4 Å². The Labute approximate surface area is 134 Å². The first-order valence-electron chi connectivity index (χ1n) is 7.37. The zero-order valence-electron chi connectivity index (χ0n) is 13.5. The van der Waals surface area contributed by atoms with Crippen molar-refractivity contribution in [2.24, 2.45) is 0 Å². The molecule has 1 amide bonds. The summed E-state index contributed by atoms with van der Waals surface area (Å²) in [5, 5.41) is 13.7. The Morgan fingerprint density at radius 1 is 1.35 bits per heavy atom. The Balaban J connectivity index is 2.19. The number of nitrogens with one attached hydrogen (secondary N) is 1. The highest BCUT2D eigenvalue weighted by Gasteiger charge is 2.22. The summed E-state index contributed by atoms with van der Waals surface area (Å²) < 4.78 is 10.4. The number of morpholine rings is 1. The van der Waals surface area contributed by atoms with E-state index in [1.165, 1.54) is 12.1 Å². The summed E-state index contributed by atoms with van der Waals surface area (Å²) >= 11 is 0. The predicted molar refractivity (Wildman–Crippen MR) is 86.0 cm³/mol. The van der Waals surface area contributed by atoms with Gasteiger partial charge in [0.2, 0.25) is 0 Å². The van der Waals surface area contributed by atoms with Gasteiger partial charge in [0.15, 0.2) is 0 Å². The van der Waals surface area contributed by atoms with Crippen LogP contribution < -0.4 is 10.2 Å². The van der Waals surface area contributed by atoms with E-state index in [0.717, 1.165) is 5.69 Å². The number of amides is 1. The van der Waals surface area contributed by atoms with Crippen molar-refractivity contribution in [1.82, 2.24) is 0 Å². The third-order valence-corrected chi connectivity index (χ3v) is 3.19. The van der Waals surface area contributed by atoms with Gasteiger partial charge in [-0.05, 0) is 32.9 Å². The second-order valence-corrected chi connectivity index (χ2v) is 6.18. The quantitative estimate of drug-likeness (QED) is 0.679. The summed E-state index contributed by atoms with van der Waals surface area (Å²) in [4.78, 5) is 24.6. The maximum absolute atomic E-state index is 11.8. The first kappa shape index (κ1) is 17.0. The molecule has 0 unspecified atom stereocenters. The Morgan fingerprint density at radius 3 is 2.57 bits per heavy atom. The number of hydrogen-bond acceptors (Lipinski definition) is 6. The maximum Gasteiger partial charge on any atom is 0.412 e. The molecule has 1 N–H and O–H groups in total. The molecule has 0 aromatic heterocycles. The van der Waals surface area contributed by atoms with Crippen molar-refractivity contribution in [1.29, 1.82) is 0 Å². The Hall–Kier alpha value is -2.35. The molecule has 1 heterocycles. The number of nitro groups is 1. The number of carbonyl (C=O) groups excluding carboxylic acids is 1. The van der Waals surface area contributed by atoms with Gasteiger partial charge in [0.25, 0.3) is 5.69 Å². The third kappa shape index (κ3) is 4.82. The lowest BCUT2D eigenvalue weighted by Gasteiger charge is -2.28. The number of hydrogen-bond donors (Lipinski definition) is 1. The van der Waals surface area contributed by atoms with Gasteiger partial charge < -0.3 is 14.4 Å². The van der Waals surface area contributed by atoms with Crippen molar-refractivity contribution in [3.8, 4) is 0 Å². The second-order valence-electron chi connectivity index (χ2n) is 6.18. The minimum absolute atomic E-state index is 0.112. The van der Waals surface area contributed by atoms with Crippen LogP contribution in [0.25, 0.3) is 0 Å². The topological polar surface area (TPSA) is 93.9 Å². The molecular formula is C15H21N3O5. The average Bonchev–Trinajstić information content (AvgIpc) is 2.46. The van der Waals surface area contributed by atoms with E-state index in [4.69, 9.17) is 9.47 Å². The normalized spacial score (nSPS) is 15.2. The smallest absolute Gasteiger partial charge is 0.412 e. The molecular weight excluding hydrogens is 302 g/mol. The van der Waals surface area contributed by atoms with E-state index in [2.05, 4.69) is 5.32 Å². The molecule has 0 atom stereocenters. The average molecular weight is 323 g/mol. The largest absolute Gasteiger partial charge is 0.444 e. The van der Waals surface area contributed by atoms with Crippen molar-refractivity contribution in [2.45, 2.75) is 26.4 Å². The van der Waals surface area contributed by atoms with Crippen LogP contribution in [0, 0.1) is 10.1 Å². The van der Waals surface area contributed by atoms with E-state index in [0.29, 0.717) is 26.3 Å². The molecule has 8 nitrogen and oxygen atoms in total. The lowest BCUT2D eigenvalue weighted by Crippen LogP contribution is -2.36. The third-order valence-electron chi connectivity index (χ3n) is 3.19. The van der Waals surface area contributed by atoms with Gasteiger partial charge in [-0.1, -0.05) is 0 Å². The van der Waals surface area contributed by atoms with Crippen LogP contribution in [-0.4, -0.2) is 42.9 Å². The van der Waals surface area contributed by atoms with Gasteiger partial charge in [0, 0.05) is 24.8 Å². The molecule has 1 fully saturated rings. The highest BCUT2D eigenvalue weighted by Crippen LogP contribution is 2.30. The minimum atomic E-state index is -0.722. The maximum atomic E-state index is 11.8. The van der Waals surface area contributed by atoms with Crippen LogP contribution in [0.5, 0.6) is 0 Å². The van der Waals surface area contributed by atoms with E-state index >= 15 is 0 Å². The number of nitro benzene ring substituents is 1. The van der Waals surface area contributed by atoms with Gasteiger partial charge >= 0.3 is 6.09 Å². The van der Waals surface area contributed by atoms with E-state index in [9.17, 15) is 14.9 Å². The molecule has 0 bridgehead atoms. The first-order chi connectivity index (χ1) is 10.8. The van der Waals surface area contributed by atoms with Gasteiger partial charge in [-0.15, -0.1) is 0 Å². The van der Waals surface area contributed by atoms with Crippen LogP contribution in [-0.2, 0) is 9.47 Å². The number of anilines is 2. The SMILES string of the molecule is CC(C)(C)OC(=O)Nc1ccc(N2CCOCC2)cc1[N+](=O)[O-]. The molecule has 126 valence electrons. The van der Waals surface area contributed by atoms with Crippen molar-refractivity contribution in [3.05, 3.63) is 28.3 Å². The number of rotatable bonds is 3. The van der Waals surface area contributed by atoms with Gasteiger partial charge in [0.05, 0.1) is 18.1 Å². The van der Waals surface area contributed by atoms with Gasteiger partial charge in [0.1, 0.15) is 11.3 Å². The summed E-state index contributed by atoms with van der Waals surface area (Å²) in [5.41, 5.74) is 0.00271. The van der Waals surface area contributed by atoms with E-state index in [-0.39, 0.29) is 11.4 Å². The molecule has 0 aliphatic carbocycles. The van der Waals surface area contributed by atoms with Crippen LogP contribution in [0.15, 0.2) is 18.2 Å². The molecule has 2 rings (SSSR count). The fraction of sp³-hybridized carbons (Fsp3) is 0.533. The minimum Gasteiger partial charge on any atom is -0.444 e. The Kier molecular flexibility index (Phi) is 5.05. The Bertz CT molecular complexity index is 591. The molecule has 0 spiro atoms. The van der Waals surface area contributed by atoms with Crippen molar-refractivity contribution in [3.63, 3.8) is 0 Å². The monoisotopic (exact) mass is 323 g/mol. The zero-order valence-corrected chi connectivity index (χ0v) is 13.5. The van der Waals surface area contributed by atoms with Crippen molar-refractivity contribution < 1.29 is 19.2 Å². The summed E-state index contributed by atoms with van der Waals surface area (Å²) in [6, 6.07) is 4.72. The summed E-state index contributed by atoms with van der Waals surface area (Å²) in [7, 11) is 0. The number of benzene rings is 1. The number of carbonyl (C=O) groups is 1. The molecule has 0 radical (unpaired) electrons. The van der Waals surface area contributed by atoms with Gasteiger partial charge in [-0.2, -0.15) is 0 Å². The van der Waals surface area contributed by atoms with E-state index in [1.54, 1.807) is 26.8 Å². The molecule has 1 aromatic carbocycles. The summed E-state index contributed by atoms with van der Waals surface area (Å²) in [6.45, 7) is 7.71. The summed E-state index contributed by atoms with van der Waals surface area (Å²) in [6.07, 6.45) is -0.722.